The minimum atomic E-state index is -0.269. The van der Waals surface area contributed by atoms with Crippen molar-refractivity contribution in [2.24, 2.45) is 0 Å². The minimum absolute atomic E-state index is 0.269. The molecule has 1 saturated heterocycles. The number of hydrogen-bond acceptors (Lipinski definition) is 6. The lowest BCUT2D eigenvalue weighted by Gasteiger charge is -2.17. The second-order valence-electron chi connectivity index (χ2n) is 7.02. The number of rotatable bonds is 6. The van der Waals surface area contributed by atoms with Gasteiger partial charge in [-0.3, -0.25) is 4.57 Å². The van der Waals surface area contributed by atoms with Gasteiger partial charge in [-0.25, -0.2) is 9.37 Å². The zero-order valence-corrected chi connectivity index (χ0v) is 15.7. The molecule has 2 aromatic heterocycles. The third-order valence-electron chi connectivity index (χ3n) is 4.94. The number of thioether (sulfide) groups is 1. The number of anilines is 1. The Labute approximate surface area is 160 Å². The van der Waals surface area contributed by atoms with Crippen LogP contribution in [0, 0.1) is 5.82 Å². The maximum atomic E-state index is 13.1. The second-order valence-corrected chi connectivity index (χ2v) is 7.96. The van der Waals surface area contributed by atoms with E-state index in [4.69, 9.17) is 4.42 Å². The molecule has 0 N–H and O–H groups in total. The normalized spacial score (nSPS) is 17.0. The Kier molecular flexibility index (Phi) is 4.35. The van der Waals surface area contributed by atoms with Crippen molar-refractivity contribution in [3.05, 3.63) is 42.0 Å². The van der Waals surface area contributed by atoms with Crippen LogP contribution in [0.1, 0.15) is 37.4 Å². The van der Waals surface area contributed by atoms with Crippen molar-refractivity contribution in [3.8, 4) is 11.5 Å². The SMILES string of the molecule is Fc1ccc(-c2nc(CSc3nnc(N4CCCC4)n3C3CC3)co2)cc1. The summed E-state index contributed by atoms with van der Waals surface area (Å²) >= 11 is 1.64. The molecule has 0 amide bonds. The van der Waals surface area contributed by atoms with Crippen LogP contribution in [0.4, 0.5) is 10.3 Å². The molecule has 3 aromatic rings. The van der Waals surface area contributed by atoms with Gasteiger partial charge in [0.2, 0.25) is 11.8 Å². The van der Waals surface area contributed by atoms with Crippen molar-refractivity contribution in [2.45, 2.75) is 42.6 Å². The summed E-state index contributed by atoms with van der Waals surface area (Å²) in [5.41, 5.74) is 1.61. The largest absolute Gasteiger partial charge is 0.444 e. The summed E-state index contributed by atoms with van der Waals surface area (Å²) in [4.78, 5) is 6.87. The Balaban J connectivity index is 1.31. The molecule has 0 bridgehead atoms. The van der Waals surface area contributed by atoms with E-state index in [2.05, 4.69) is 24.6 Å². The van der Waals surface area contributed by atoms with E-state index in [1.54, 1.807) is 30.2 Å². The lowest BCUT2D eigenvalue weighted by molar-refractivity contribution is 0.572. The van der Waals surface area contributed by atoms with Gasteiger partial charge in [-0.15, -0.1) is 10.2 Å². The van der Waals surface area contributed by atoms with Crippen LogP contribution in [0.5, 0.6) is 0 Å². The quantitative estimate of drug-likeness (QED) is 0.590. The zero-order chi connectivity index (χ0) is 18.2. The van der Waals surface area contributed by atoms with Gasteiger partial charge < -0.3 is 9.32 Å². The first-order valence-corrected chi connectivity index (χ1v) is 10.3. The standard InChI is InChI=1S/C19H20FN5OS/c20-14-5-3-13(4-6-14)17-21-15(11-26-17)12-27-19-23-22-18(24-9-1-2-10-24)25(19)16-7-8-16/h3-6,11,16H,1-2,7-10,12H2. The van der Waals surface area contributed by atoms with Crippen molar-refractivity contribution in [1.29, 1.82) is 0 Å². The number of benzene rings is 1. The van der Waals surface area contributed by atoms with Gasteiger partial charge in [-0.05, 0) is 49.9 Å². The van der Waals surface area contributed by atoms with Crippen LogP contribution in [-0.4, -0.2) is 32.8 Å². The number of halogens is 1. The molecule has 0 spiro atoms. The van der Waals surface area contributed by atoms with Gasteiger partial charge in [-0.2, -0.15) is 0 Å². The first-order valence-electron chi connectivity index (χ1n) is 9.31. The molecule has 8 heteroatoms. The first kappa shape index (κ1) is 16.8. The van der Waals surface area contributed by atoms with E-state index < -0.39 is 0 Å². The molecule has 3 heterocycles. The smallest absolute Gasteiger partial charge is 0.228 e. The number of oxazole rings is 1. The maximum Gasteiger partial charge on any atom is 0.228 e. The van der Waals surface area contributed by atoms with E-state index in [0.29, 0.717) is 17.7 Å². The molecule has 1 aliphatic heterocycles. The number of hydrogen-bond donors (Lipinski definition) is 0. The minimum Gasteiger partial charge on any atom is -0.444 e. The summed E-state index contributed by atoms with van der Waals surface area (Å²) in [6.45, 7) is 2.14. The molecule has 0 unspecified atom stereocenters. The predicted octanol–water partition coefficient (Wildman–Crippen LogP) is 4.30. The monoisotopic (exact) mass is 385 g/mol. The average Bonchev–Trinajstić information content (AvgIpc) is 3.10. The molecule has 2 fully saturated rings. The summed E-state index contributed by atoms with van der Waals surface area (Å²) in [5, 5.41) is 9.87. The molecule has 0 atom stereocenters. The molecule has 1 saturated carbocycles. The van der Waals surface area contributed by atoms with E-state index in [1.807, 2.05) is 0 Å². The fraction of sp³-hybridized carbons (Fsp3) is 0.421. The van der Waals surface area contributed by atoms with Gasteiger partial charge in [0.15, 0.2) is 5.16 Å². The fourth-order valence-electron chi connectivity index (χ4n) is 3.39. The molecule has 27 heavy (non-hydrogen) atoms. The van der Waals surface area contributed by atoms with Crippen LogP contribution >= 0.6 is 11.8 Å². The molecule has 0 radical (unpaired) electrons. The van der Waals surface area contributed by atoms with E-state index in [9.17, 15) is 4.39 Å². The van der Waals surface area contributed by atoms with Crippen molar-refractivity contribution < 1.29 is 8.81 Å². The van der Waals surface area contributed by atoms with Crippen LogP contribution in [0.2, 0.25) is 0 Å². The molecule has 5 rings (SSSR count). The van der Waals surface area contributed by atoms with Gasteiger partial charge in [0, 0.05) is 30.4 Å². The fourth-order valence-corrected chi connectivity index (χ4v) is 4.27. The molecule has 1 aromatic carbocycles. The van der Waals surface area contributed by atoms with Gasteiger partial charge in [0.1, 0.15) is 12.1 Å². The van der Waals surface area contributed by atoms with Crippen LogP contribution in [0.15, 0.2) is 40.1 Å². The maximum absolute atomic E-state index is 13.1. The Morgan fingerprint density at radius 1 is 1.11 bits per heavy atom. The Hall–Kier alpha value is -2.35. The highest BCUT2D eigenvalue weighted by atomic mass is 32.2. The summed E-state index contributed by atoms with van der Waals surface area (Å²) in [6.07, 6.45) is 6.51. The van der Waals surface area contributed by atoms with E-state index in [-0.39, 0.29) is 5.82 Å². The zero-order valence-electron chi connectivity index (χ0n) is 14.8. The molecule has 6 nitrogen and oxygen atoms in total. The molecule has 140 valence electrons. The van der Waals surface area contributed by atoms with Crippen LogP contribution in [-0.2, 0) is 5.75 Å². The second kappa shape index (κ2) is 6.99. The van der Waals surface area contributed by atoms with Gasteiger partial charge in [-0.1, -0.05) is 11.8 Å². The van der Waals surface area contributed by atoms with Crippen molar-refractivity contribution in [2.75, 3.05) is 18.0 Å². The van der Waals surface area contributed by atoms with E-state index in [1.165, 1.54) is 37.8 Å². The first-order chi connectivity index (χ1) is 13.3. The van der Waals surface area contributed by atoms with Crippen molar-refractivity contribution in [3.63, 3.8) is 0 Å². The van der Waals surface area contributed by atoms with Crippen molar-refractivity contribution >= 4 is 17.7 Å². The Bertz CT molecular complexity index is 928. The topological polar surface area (TPSA) is 60.0 Å². The van der Waals surface area contributed by atoms with Crippen molar-refractivity contribution in [1.82, 2.24) is 19.7 Å². The van der Waals surface area contributed by atoms with Crippen LogP contribution < -0.4 is 4.90 Å². The third kappa shape index (κ3) is 3.45. The lowest BCUT2D eigenvalue weighted by Crippen LogP contribution is -2.22. The van der Waals surface area contributed by atoms with Crippen LogP contribution in [0.25, 0.3) is 11.5 Å². The van der Waals surface area contributed by atoms with E-state index >= 15 is 0 Å². The highest BCUT2D eigenvalue weighted by Gasteiger charge is 2.32. The summed E-state index contributed by atoms with van der Waals surface area (Å²) in [6, 6.07) is 6.69. The highest BCUT2D eigenvalue weighted by Crippen LogP contribution is 2.41. The molecule has 2 aliphatic rings. The molecular weight excluding hydrogens is 365 g/mol. The summed E-state index contributed by atoms with van der Waals surface area (Å²) < 4.78 is 20.9. The molecule has 1 aliphatic carbocycles. The average molecular weight is 385 g/mol. The summed E-state index contributed by atoms with van der Waals surface area (Å²) in [5.74, 6) is 1.92. The lowest BCUT2D eigenvalue weighted by atomic mass is 10.2. The third-order valence-corrected chi connectivity index (χ3v) is 5.92. The van der Waals surface area contributed by atoms with Gasteiger partial charge in [0.25, 0.3) is 0 Å². The predicted molar refractivity (Wildman–Crippen MR) is 101 cm³/mol. The van der Waals surface area contributed by atoms with Gasteiger partial charge in [0.05, 0.1) is 5.69 Å². The van der Waals surface area contributed by atoms with E-state index in [0.717, 1.165) is 35.5 Å². The van der Waals surface area contributed by atoms with Gasteiger partial charge >= 0.3 is 0 Å². The number of nitrogens with zero attached hydrogens (tertiary/aromatic N) is 5. The Morgan fingerprint density at radius 2 is 1.89 bits per heavy atom. The van der Waals surface area contributed by atoms with Crippen LogP contribution in [0.3, 0.4) is 0 Å². The number of aromatic nitrogens is 4. The Morgan fingerprint density at radius 3 is 2.63 bits per heavy atom. The molecular formula is C19H20FN5OS. The summed E-state index contributed by atoms with van der Waals surface area (Å²) in [7, 11) is 0. The highest BCUT2D eigenvalue weighted by molar-refractivity contribution is 7.98.